The van der Waals surface area contributed by atoms with Gasteiger partial charge in [-0.15, -0.1) is 0 Å². The molecule has 1 atom stereocenters. The van der Waals surface area contributed by atoms with E-state index in [1.165, 1.54) is 0 Å². The maximum atomic E-state index is 5.35. The van der Waals surface area contributed by atoms with Crippen molar-refractivity contribution < 1.29 is 0 Å². The van der Waals surface area contributed by atoms with Crippen LogP contribution in [-0.4, -0.2) is 52.0 Å². The van der Waals surface area contributed by atoms with Crippen molar-refractivity contribution in [3.05, 3.63) is 0 Å². The van der Waals surface area contributed by atoms with Gasteiger partial charge < -0.3 is 16.4 Å². The number of hydrogen-bond acceptors (Lipinski definition) is 5. The SMILES string of the molecule is NCCNCCNC1CNCCN1. The summed E-state index contributed by atoms with van der Waals surface area (Å²) in [5, 5.41) is 13.3. The van der Waals surface area contributed by atoms with Crippen LogP contribution < -0.4 is 27.0 Å². The minimum absolute atomic E-state index is 0.424. The van der Waals surface area contributed by atoms with Gasteiger partial charge in [0.15, 0.2) is 0 Å². The Morgan fingerprint density at radius 1 is 1.23 bits per heavy atom. The van der Waals surface area contributed by atoms with Crippen molar-refractivity contribution in [2.75, 3.05) is 45.8 Å². The highest BCUT2D eigenvalue weighted by Crippen LogP contribution is 1.80. The summed E-state index contributed by atoms with van der Waals surface area (Å²) in [6.07, 6.45) is 0.424. The first-order valence-electron chi connectivity index (χ1n) is 5.02. The van der Waals surface area contributed by atoms with E-state index in [-0.39, 0.29) is 0 Å². The van der Waals surface area contributed by atoms with E-state index < -0.39 is 0 Å². The molecule has 1 aliphatic rings. The van der Waals surface area contributed by atoms with Crippen LogP contribution in [-0.2, 0) is 0 Å². The quantitative estimate of drug-likeness (QED) is 0.301. The van der Waals surface area contributed by atoms with E-state index in [9.17, 15) is 0 Å². The van der Waals surface area contributed by atoms with Crippen LogP contribution in [0.2, 0.25) is 0 Å². The van der Waals surface area contributed by atoms with Crippen LogP contribution in [0.15, 0.2) is 0 Å². The number of piperazine rings is 1. The minimum Gasteiger partial charge on any atom is -0.329 e. The van der Waals surface area contributed by atoms with Gasteiger partial charge in [-0.05, 0) is 0 Å². The highest BCUT2D eigenvalue weighted by Gasteiger charge is 2.09. The van der Waals surface area contributed by atoms with Crippen molar-refractivity contribution in [2.24, 2.45) is 5.73 Å². The topological polar surface area (TPSA) is 74.1 Å². The fraction of sp³-hybridized carbons (Fsp3) is 1.00. The molecule has 0 spiro atoms. The highest BCUT2D eigenvalue weighted by atomic mass is 15.2. The third-order valence-corrected chi connectivity index (χ3v) is 2.05. The molecule has 78 valence electrons. The van der Waals surface area contributed by atoms with Gasteiger partial charge in [-0.25, -0.2) is 0 Å². The largest absolute Gasteiger partial charge is 0.329 e. The summed E-state index contributed by atoms with van der Waals surface area (Å²) in [6.45, 7) is 6.71. The molecule has 1 fully saturated rings. The van der Waals surface area contributed by atoms with Crippen molar-refractivity contribution in [3.8, 4) is 0 Å². The highest BCUT2D eigenvalue weighted by molar-refractivity contribution is 4.73. The fourth-order valence-electron chi connectivity index (χ4n) is 1.36. The van der Waals surface area contributed by atoms with Gasteiger partial charge in [0.1, 0.15) is 0 Å². The first-order chi connectivity index (χ1) is 6.43. The fourth-order valence-corrected chi connectivity index (χ4v) is 1.36. The Morgan fingerprint density at radius 3 is 2.85 bits per heavy atom. The second kappa shape index (κ2) is 7.23. The van der Waals surface area contributed by atoms with E-state index in [4.69, 9.17) is 5.73 Å². The van der Waals surface area contributed by atoms with Crippen LogP contribution in [0.1, 0.15) is 0 Å². The zero-order chi connectivity index (χ0) is 9.36. The van der Waals surface area contributed by atoms with E-state index >= 15 is 0 Å². The number of nitrogens with one attached hydrogen (secondary N) is 4. The van der Waals surface area contributed by atoms with E-state index in [2.05, 4.69) is 21.3 Å². The first kappa shape index (κ1) is 10.9. The van der Waals surface area contributed by atoms with Gasteiger partial charge in [-0.1, -0.05) is 0 Å². The second-order valence-corrected chi connectivity index (χ2v) is 3.20. The normalized spacial score (nSPS) is 23.3. The zero-order valence-electron chi connectivity index (χ0n) is 8.10. The van der Waals surface area contributed by atoms with Crippen molar-refractivity contribution in [1.82, 2.24) is 21.3 Å². The van der Waals surface area contributed by atoms with Gasteiger partial charge in [0, 0.05) is 45.8 Å². The molecule has 6 N–H and O–H groups in total. The van der Waals surface area contributed by atoms with Crippen LogP contribution in [0.3, 0.4) is 0 Å². The molecule has 0 radical (unpaired) electrons. The molecule has 1 saturated heterocycles. The van der Waals surface area contributed by atoms with Crippen LogP contribution >= 0.6 is 0 Å². The Labute approximate surface area is 79.8 Å². The molecule has 0 aromatic heterocycles. The Hall–Kier alpha value is -0.200. The average molecular weight is 187 g/mol. The monoisotopic (exact) mass is 187 g/mol. The third kappa shape index (κ3) is 5.17. The van der Waals surface area contributed by atoms with Gasteiger partial charge in [0.05, 0.1) is 6.17 Å². The number of hydrogen-bond donors (Lipinski definition) is 5. The molecule has 1 heterocycles. The molecule has 0 saturated carbocycles. The Balaban J connectivity index is 1.86. The van der Waals surface area contributed by atoms with Crippen molar-refractivity contribution >= 4 is 0 Å². The minimum atomic E-state index is 0.424. The summed E-state index contributed by atoms with van der Waals surface area (Å²) < 4.78 is 0. The lowest BCUT2D eigenvalue weighted by molar-refractivity contribution is 0.360. The molecule has 1 aliphatic heterocycles. The molecule has 5 heteroatoms. The number of rotatable bonds is 6. The summed E-state index contributed by atoms with van der Waals surface area (Å²) in [7, 11) is 0. The summed E-state index contributed by atoms with van der Waals surface area (Å²) in [4.78, 5) is 0. The first-order valence-corrected chi connectivity index (χ1v) is 5.02. The van der Waals surface area contributed by atoms with Crippen LogP contribution in [0.4, 0.5) is 0 Å². The van der Waals surface area contributed by atoms with Crippen LogP contribution in [0.25, 0.3) is 0 Å². The molecule has 1 rings (SSSR count). The van der Waals surface area contributed by atoms with Crippen LogP contribution in [0, 0.1) is 0 Å². The van der Waals surface area contributed by atoms with Gasteiger partial charge in [0.25, 0.3) is 0 Å². The van der Waals surface area contributed by atoms with Gasteiger partial charge in [0.2, 0.25) is 0 Å². The summed E-state index contributed by atoms with van der Waals surface area (Å²) in [5.74, 6) is 0. The lowest BCUT2D eigenvalue weighted by Gasteiger charge is -2.25. The summed E-state index contributed by atoms with van der Waals surface area (Å²) in [6, 6.07) is 0. The van der Waals surface area contributed by atoms with E-state index in [1.54, 1.807) is 0 Å². The Kier molecular flexibility index (Phi) is 6.05. The smallest absolute Gasteiger partial charge is 0.0701 e. The van der Waals surface area contributed by atoms with E-state index in [0.29, 0.717) is 12.7 Å². The predicted octanol–water partition coefficient (Wildman–Crippen LogP) is -2.36. The molecular weight excluding hydrogens is 166 g/mol. The summed E-state index contributed by atoms with van der Waals surface area (Å²) in [5.41, 5.74) is 5.35. The lowest BCUT2D eigenvalue weighted by Crippen LogP contribution is -2.56. The molecule has 0 aliphatic carbocycles. The molecule has 1 unspecified atom stereocenters. The molecule has 0 bridgehead atoms. The molecule has 0 aromatic rings. The number of nitrogens with two attached hydrogens (primary N) is 1. The van der Waals surface area contributed by atoms with Crippen LogP contribution in [0.5, 0.6) is 0 Å². The van der Waals surface area contributed by atoms with Gasteiger partial charge >= 0.3 is 0 Å². The third-order valence-electron chi connectivity index (χ3n) is 2.05. The maximum absolute atomic E-state index is 5.35. The maximum Gasteiger partial charge on any atom is 0.0701 e. The molecule has 0 amide bonds. The van der Waals surface area contributed by atoms with Crippen molar-refractivity contribution in [3.63, 3.8) is 0 Å². The molecule has 0 aromatic carbocycles. The lowest BCUT2D eigenvalue weighted by atomic mass is 10.3. The molecular formula is C8H21N5. The summed E-state index contributed by atoms with van der Waals surface area (Å²) >= 11 is 0. The molecule has 13 heavy (non-hydrogen) atoms. The average Bonchev–Trinajstić information content (AvgIpc) is 2.19. The van der Waals surface area contributed by atoms with E-state index in [1.807, 2.05) is 0 Å². The van der Waals surface area contributed by atoms with Crippen molar-refractivity contribution in [1.29, 1.82) is 0 Å². The Bertz CT molecular complexity index is 113. The van der Waals surface area contributed by atoms with Gasteiger partial charge in [-0.3, -0.25) is 10.6 Å². The van der Waals surface area contributed by atoms with E-state index in [0.717, 1.165) is 39.3 Å². The second-order valence-electron chi connectivity index (χ2n) is 3.20. The van der Waals surface area contributed by atoms with Gasteiger partial charge in [-0.2, -0.15) is 0 Å². The zero-order valence-corrected chi connectivity index (χ0v) is 8.10. The Morgan fingerprint density at radius 2 is 2.15 bits per heavy atom. The van der Waals surface area contributed by atoms with Crippen molar-refractivity contribution in [2.45, 2.75) is 6.17 Å². The standard InChI is InChI=1S/C8H21N5/c9-1-2-10-3-5-12-8-7-11-4-6-13-8/h8,10-13H,1-7,9H2. The predicted molar refractivity (Wildman–Crippen MR) is 54.6 cm³/mol. The molecule has 5 nitrogen and oxygen atoms in total.